The number of alkyl halides is 3. The zero-order valence-electron chi connectivity index (χ0n) is 10.6. The number of likely N-dealkylation sites (tertiary alicyclic amines) is 1. The smallest absolute Gasteiger partial charge is 0.315 e. The maximum absolute atomic E-state index is 12.2. The molecular weight excluding hydrogens is 243 g/mol. The van der Waals surface area contributed by atoms with Crippen LogP contribution in [0.5, 0.6) is 0 Å². The number of hydrogen-bond acceptors (Lipinski definition) is 3. The van der Waals surface area contributed by atoms with E-state index in [0.29, 0.717) is 25.0 Å². The van der Waals surface area contributed by atoms with Crippen LogP contribution in [0.25, 0.3) is 0 Å². The minimum atomic E-state index is -4.06. The van der Waals surface area contributed by atoms with Crippen LogP contribution in [-0.2, 0) is 0 Å². The highest BCUT2D eigenvalue weighted by Crippen LogP contribution is 2.22. The Hall–Kier alpha value is -0.330. The molecule has 2 fully saturated rings. The van der Waals surface area contributed by atoms with Crippen molar-refractivity contribution in [1.29, 1.82) is 0 Å². The molecule has 0 amide bonds. The van der Waals surface area contributed by atoms with Gasteiger partial charge in [0, 0.05) is 19.1 Å². The summed E-state index contributed by atoms with van der Waals surface area (Å²) >= 11 is 0. The number of piperidine rings is 1. The van der Waals surface area contributed by atoms with E-state index >= 15 is 0 Å². The van der Waals surface area contributed by atoms with E-state index in [1.54, 1.807) is 0 Å². The van der Waals surface area contributed by atoms with E-state index in [0.717, 1.165) is 26.1 Å². The molecule has 2 unspecified atom stereocenters. The van der Waals surface area contributed by atoms with E-state index in [4.69, 9.17) is 0 Å². The molecule has 2 saturated heterocycles. The Labute approximate surface area is 106 Å². The summed E-state index contributed by atoms with van der Waals surface area (Å²) in [6.45, 7) is 3.32. The number of halogens is 3. The van der Waals surface area contributed by atoms with E-state index in [1.165, 1.54) is 17.7 Å². The number of rotatable bonds is 4. The molecule has 18 heavy (non-hydrogen) atoms. The molecule has 0 aromatic heterocycles. The molecule has 0 aromatic rings. The summed E-state index contributed by atoms with van der Waals surface area (Å²) in [5.41, 5.74) is 0. The highest BCUT2D eigenvalue weighted by molar-refractivity contribution is 4.81. The van der Waals surface area contributed by atoms with Crippen LogP contribution in [0.1, 0.15) is 19.3 Å². The van der Waals surface area contributed by atoms with Crippen LogP contribution < -0.4 is 10.6 Å². The van der Waals surface area contributed by atoms with Crippen LogP contribution in [-0.4, -0.2) is 56.4 Å². The van der Waals surface area contributed by atoms with Crippen molar-refractivity contribution in [3.63, 3.8) is 0 Å². The first-order valence-corrected chi connectivity index (χ1v) is 6.76. The average Bonchev–Trinajstić information content (AvgIpc) is 2.73. The Balaban J connectivity index is 1.63. The molecular formula is C12H22F3N3. The van der Waals surface area contributed by atoms with Gasteiger partial charge in [0.1, 0.15) is 0 Å². The topological polar surface area (TPSA) is 27.3 Å². The second-order valence-electron chi connectivity index (χ2n) is 5.46. The van der Waals surface area contributed by atoms with Gasteiger partial charge in [-0.05, 0) is 44.8 Å². The van der Waals surface area contributed by atoms with Crippen LogP contribution >= 0.6 is 0 Å². The van der Waals surface area contributed by atoms with Gasteiger partial charge >= 0.3 is 6.18 Å². The predicted octanol–water partition coefficient (Wildman–Crippen LogP) is 1.21. The van der Waals surface area contributed by atoms with Crippen molar-refractivity contribution in [2.24, 2.45) is 5.92 Å². The number of nitrogens with one attached hydrogen (secondary N) is 2. The first-order valence-electron chi connectivity index (χ1n) is 6.76. The third-order valence-corrected chi connectivity index (χ3v) is 3.76. The van der Waals surface area contributed by atoms with Crippen LogP contribution in [0, 0.1) is 5.92 Å². The quantitative estimate of drug-likeness (QED) is 0.800. The van der Waals surface area contributed by atoms with Crippen LogP contribution in [0.3, 0.4) is 0 Å². The van der Waals surface area contributed by atoms with Crippen molar-refractivity contribution in [2.45, 2.75) is 31.5 Å². The van der Waals surface area contributed by atoms with Gasteiger partial charge in [-0.1, -0.05) is 0 Å². The van der Waals surface area contributed by atoms with Gasteiger partial charge < -0.3 is 10.6 Å². The van der Waals surface area contributed by atoms with Crippen molar-refractivity contribution >= 4 is 0 Å². The van der Waals surface area contributed by atoms with Gasteiger partial charge in [0.05, 0.1) is 6.54 Å². The normalized spacial score (nSPS) is 30.8. The standard InChI is InChI=1S/C12H22F3N3/c13-12(14,15)9-18-5-3-10(8-18)6-17-11-2-1-4-16-7-11/h10-11,16-17H,1-9H2. The predicted molar refractivity (Wildman–Crippen MR) is 64.5 cm³/mol. The molecule has 3 nitrogen and oxygen atoms in total. The maximum Gasteiger partial charge on any atom is 0.401 e. The van der Waals surface area contributed by atoms with Crippen molar-refractivity contribution in [3.05, 3.63) is 0 Å². The molecule has 2 N–H and O–H groups in total. The summed E-state index contributed by atoms with van der Waals surface area (Å²) in [4.78, 5) is 1.52. The Bertz CT molecular complexity index is 251. The van der Waals surface area contributed by atoms with Crippen molar-refractivity contribution in [3.8, 4) is 0 Å². The summed E-state index contributed by atoms with van der Waals surface area (Å²) in [6, 6.07) is 0.496. The summed E-state index contributed by atoms with van der Waals surface area (Å²) in [5, 5.41) is 6.80. The van der Waals surface area contributed by atoms with Crippen LogP contribution in [0.2, 0.25) is 0 Å². The third kappa shape index (κ3) is 4.74. The van der Waals surface area contributed by atoms with Crippen molar-refractivity contribution in [2.75, 3.05) is 39.3 Å². The minimum absolute atomic E-state index is 0.370. The zero-order chi connectivity index (χ0) is 13.0. The number of nitrogens with zero attached hydrogens (tertiary/aromatic N) is 1. The first kappa shape index (κ1) is 14.1. The molecule has 6 heteroatoms. The van der Waals surface area contributed by atoms with Gasteiger partial charge in [-0.3, -0.25) is 4.90 Å². The molecule has 2 aliphatic heterocycles. The molecule has 2 aliphatic rings. The SMILES string of the molecule is FC(F)(F)CN1CCC(CNC2CCCNC2)C1. The fraction of sp³-hybridized carbons (Fsp3) is 1.00. The summed E-state index contributed by atoms with van der Waals surface area (Å²) < 4.78 is 36.7. The lowest BCUT2D eigenvalue weighted by Gasteiger charge is -2.25. The lowest BCUT2D eigenvalue weighted by atomic mass is 10.1. The largest absolute Gasteiger partial charge is 0.401 e. The molecule has 2 atom stereocenters. The Kier molecular flexibility index (Phi) is 4.86. The summed E-state index contributed by atoms with van der Waals surface area (Å²) in [7, 11) is 0. The second-order valence-corrected chi connectivity index (χ2v) is 5.46. The average molecular weight is 265 g/mol. The minimum Gasteiger partial charge on any atom is -0.315 e. The van der Waals surface area contributed by atoms with Gasteiger partial charge in [-0.2, -0.15) is 13.2 Å². The molecule has 0 saturated carbocycles. The number of hydrogen-bond donors (Lipinski definition) is 2. The third-order valence-electron chi connectivity index (χ3n) is 3.76. The first-order chi connectivity index (χ1) is 8.53. The molecule has 0 spiro atoms. The Morgan fingerprint density at radius 1 is 1.28 bits per heavy atom. The molecule has 0 aliphatic carbocycles. The van der Waals surface area contributed by atoms with Gasteiger partial charge in [-0.25, -0.2) is 0 Å². The van der Waals surface area contributed by atoms with Gasteiger partial charge in [-0.15, -0.1) is 0 Å². The molecule has 2 rings (SSSR count). The Morgan fingerprint density at radius 2 is 2.11 bits per heavy atom. The van der Waals surface area contributed by atoms with E-state index in [-0.39, 0.29) is 0 Å². The van der Waals surface area contributed by atoms with E-state index < -0.39 is 12.7 Å². The van der Waals surface area contributed by atoms with Gasteiger partial charge in [0.2, 0.25) is 0 Å². The molecule has 0 bridgehead atoms. The second kappa shape index (κ2) is 6.21. The summed E-state index contributed by atoms with van der Waals surface area (Å²) in [6.07, 6.45) is -0.826. The highest BCUT2D eigenvalue weighted by atomic mass is 19.4. The zero-order valence-corrected chi connectivity index (χ0v) is 10.6. The fourth-order valence-corrected chi connectivity index (χ4v) is 2.84. The van der Waals surface area contributed by atoms with Crippen LogP contribution in [0.15, 0.2) is 0 Å². The lowest BCUT2D eigenvalue weighted by molar-refractivity contribution is -0.143. The molecule has 0 radical (unpaired) electrons. The van der Waals surface area contributed by atoms with Crippen molar-refractivity contribution in [1.82, 2.24) is 15.5 Å². The van der Waals surface area contributed by atoms with E-state index in [2.05, 4.69) is 10.6 Å². The summed E-state index contributed by atoms with van der Waals surface area (Å²) in [5.74, 6) is 0.370. The maximum atomic E-state index is 12.2. The van der Waals surface area contributed by atoms with Gasteiger partial charge in [0.25, 0.3) is 0 Å². The monoisotopic (exact) mass is 265 g/mol. The van der Waals surface area contributed by atoms with Crippen LogP contribution in [0.4, 0.5) is 13.2 Å². The lowest BCUT2D eigenvalue weighted by Crippen LogP contribution is -2.45. The fourth-order valence-electron chi connectivity index (χ4n) is 2.84. The Morgan fingerprint density at radius 3 is 2.78 bits per heavy atom. The van der Waals surface area contributed by atoms with E-state index in [1.807, 2.05) is 0 Å². The van der Waals surface area contributed by atoms with Gasteiger partial charge in [0.15, 0.2) is 0 Å². The molecule has 2 heterocycles. The van der Waals surface area contributed by atoms with Crippen molar-refractivity contribution < 1.29 is 13.2 Å². The van der Waals surface area contributed by atoms with E-state index in [9.17, 15) is 13.2 Å². The molecule has 0 aromatic carbocycles. The molecule has 106 valence electrons. The highest BCUT2D eigenvalue weighted by Gasteiger charge is 2.34.